The maximum atomic E-state index is 13.4. The first kappa shape index (κ1) is 26.0. The highest BCUT2D eigenvalue weighted by Gasteiger charge is 2.44. The zero-order valence-corrected chi connectivity index (χ0v) is 21.2. The van der Waals surface area contributed by atoms with Gasteiger partial charge in [0.1, 0.15) is 17.8 Å². The molecule has 0 spiro atoms. The number of aliphatic carboxylic acids is 1. The molecule has 0 bridgehead atoms. The number of anilines is 1. The van der Waals surface area contributed by atoms with E-state index in [4.69, 9.17) is 0 Å². The topological polar surface area (TPSA) is 136 Å². The lowest BCUT2D eigenvalue weighted by molar-refractivity contribution is -0.140. The number of hydrogen-bond acceptors (Lipinski definition) is 5. The number of carboxylic acids is 1. The molecule has 3 amide bonds. The molecule has 3 aromatic rings. The van der Waals surface area contributed by atoms with E-state index in [1.807, 2.05) is 48.5 Å². The van der Waals surface area contributed by atoms with Crippen molar-refractivity contribution in [1.82, 2.24) is 10.6 Å². The highest BCUT2D eigenvalue weighted by Crippen LogP contribution is 2.39. The molecule has 2 aliphatic heterocycles. The van der Waals surface area contributed by atoms with Crippen molar-refractivity contribution in [3.05, 3.63) is 95.1 Å². The van der Waals surface area contributed by atoms with Gasteiger partial charge < -0.3 is 20.8 Å². The molecule has 0 aliphatic carbocycles. The summed E-state index contributed by atoms with van der Waals surface area (Å²) in [6, 6.07) is 19.4. The third kappa shape index (κ3) is 5.34. The number of phenols is 1. The van der Waals surface area contributed by atoms with Crippen LogP contribution in [0.2, 0.25) is 0 Å². The molecule has 0 saturated heterocycles. The lowest BCUT2D eigenvalue weighted by Crippen LogP contribution is -2.52. The second-order valence-electron chi connectivity index (χ2n) is 9.83. The van der Waals surface area contributed by atoms with Gasteiger partial charge in [0, 0.05) is 19.4 Å². The van der Waals surface area contributed by atoms with Gasteiger partial charge in [0.25, 0.3) is 0 Å². The SMILES string of the molecule is O=C(CCNC(=O)[C@@H](c1ccccc1)c1ccc(O)cc1)N[C@H]1CCc2cccc3c2N(C1=O)[C@H](C(=O)O)C3. The fourth-order valence-corrected chi connectivity index (χ4v) is 5.44. The summed E-state index contributed by atoms with van der Waals surface area (Å²) < 4.78 is 0. The third-order valence-corrected chi connectivity index (χ3v) is 7.30. The van der Waals surface area contributed by atoms with Crippen molar-refractivity contribution in [3.8, 4) is 5.75 Å². The number of para-hydroxylation sites is 1. The fraction of sp³-hybridized carbons (Fsp3) is 0.267. The summed E-state index contributed by atoms with van der Waals surface area (Å²) in [5.74, 6) is -2.75. The molecular weight excluding hydrogens is 498 g/mol. The van der Waals surface area contributed by atoms with Gasteiger partial charge in [0.05, 0.1) is 11.6 Å². The average Bonchev–Trinajstić information content (AvgIpc) is 3.27. The van der Waals surface area contributed by atoms with Crippen LogP contribution in [0.3, 0.4) is 0 Å². The molecular formula is C30H29N3O6. The van der Waals surface area contributed by atoms with Crippen LogP contribution < -0.4 is 15.5 Å². The van der Waals surface area contributed by atoms with Crippen molar-refractivity contribution in [2.45, 2.75) is 43.7 Å². The Balaban J connectivity index is 1.23. The van der Waals surface area contributed by atoms with Gasteiger partial charge in [-0.25, -0.2) is 4.79 Å². The van der Waals surface area contributed by atoms with Gasteiger partial charge in [-0.1, -0.05) is 60.7 Å². The average molecular weight is 528 g/mol. The highest BCUT2D eigenvalue weighted by molar-refractivity contribution is 6.06. The van der Waals surface area contributed by atoms with Crippen molar-refractivity contribution in [2.24, 2.45) is 0 Å². The van der Waals surface area contributed by atoms with Gasteiger partial charge in [-0.3, -0.25) is 19.3 Å². The molecule has 9 nitrogen and oxygen atoms in total. The van der Waals surface area contributed by atoms with Gasteiger partial charge in [-0.05, 0) is 47.2 Å². The molecule has 2 aliphatic rings. The molecule has 0 fully saturated rings. The van der Waals surface area contributed by atoms with Crippen molar-refractivity contribution >= 4 is 29.4 Å². The Morgan fingerprint density at radius 3 is 2.33 bits per heavy atom. The van der Waals surface area contributed by atoms with E-state index < -0.39 is 35.8 Å². The maximum Gasteiger partial charge on any atom is 0.327 e. The van der Waals surface area contributed by atoms with Crippen molar-refractivity contribution in [1.29, 1.82) is 0 Å². The molecule has 39 heavy (non-hydrogen) atoms. The van der Waals surface area contributed by atoms with E-state index in [0.29, 0.717) is 24.1 Å². The first-order chi connectivity index (χ1) is 18.8. The Morgan fingerprint density at radius 1 is 0.923 bits per heavy atom. The Morgan fingerprint density at radius 2 is 1.62 bits per heavy atom. The van der Waals surface area contributed by atoms with Crippen LogP contribution in [-0.4, -0.2) is 52.5 Å². The van der Waals surface area contributed by atoms with Crippen LogP contribution in [-0.2, 0) is 32.0 Å². The number of carbonyl (C=O) groups excluding carboxylic acids is 3. The molecule has 0 radical (unpaired) electrons. The van der Waals surface area contributed by atoms with Gasteiger partial charge in [-0.15, -0.1) is 0 Å². The third-order valence-electron chi connectivity index (χ3n) is 7.30. The van der Waals surface area contributed by atoms with Crippen LogP contribution in [0.4, 0.5) is 5.69 Å². The number of benzene rings is 3. The summed E-state index contributed by atoms with van der Waals surface area (Å²) in [5, 5.41) is 25.0. The highest BCUT2D eigenvalue weighted by atomic mass is 16.4. The number of aromatic hydroxyl groups is 1. The summed E-state index contributed by atoms with van der Waals surface area (Å²) in [5.41, 5.74) is 3.84. The summed E-state index contributed by atoms with van der Waals surface area (Å²) in [4.78, 5) is 52.6. The normalized spacial score (nSPS) is 18.6. The first-order valence-corrected chi connectivity index (χ1v) is 12.9. The van der Waals surface area contributed by atoms with Crippen molar-refractivity contribution in [3.63, 3.8) is 0 Å². The van der Waals surface area contributed by atoms with Gasteiger partial charge >= 0.3 is 5.97 Å². The molecule has 2 heterocycles. The predicted molar refractivity (Wildman–Crippen MR) is 143 cm³/mol. The molecule has 0 unspecified atom stereocenters. The lowest BCUT2D eigenvalue weighted by atomic mass is 9.90. The van der Waals surface area contributed by atoms with Gasteiger partial charge in [0.2, 0.25) is 17.7 Å². The zero-order valence-electron chi connectivity index (χ0n) is 21.2. The Bertz CT molecular complexity index is 1410. The smallest absolute Gasteiger partial charge is 0.327 e. The molecule has 0 aromatic heterocycles. The Labute approximate surface area is 225 Å². The summed E-state index contributed by atoms with van der Waals surface area (Å²) in [6.45, 7) is 0.0544. The van der Waals surface area contributed by atoms with E-state index in [1.165, 1.54) is 17.0 Å². The number of carbonyl (C=O) groups is 4. The van der Waals surface area contributed by atoms with Crippen LogP contribution in [0, 0.1) is 0 Å². The minimum absolute atomic E-state index is 0.0484. The van der Waals surface area contributed by atoms with Crippen LogP contribution in [0.5, 0.6) is 5.75 Å². The minimum atomic E-state index is -1.08. The van der Waals surface area contributed by atoms with E-state index in [2.05, 4.69) is 10.6 Å². The summed E-state index contributed by atoms with van der Waals surface area (Å²) >= 11 is 0. The maximum absolute atomic E-state index is 13.4. The van der Waals surface area contributed by atoms with Crippen LogP contribution >= 0.6 is 0 Å². The largest absolute Gasteiger partial charge is 0.508 e. The van der Waals surface area contributed by atoms with Crippen LogP contribution in [0.15, 0.2) is 72.8 Å². The molecule has 200 valence electrons. The molecule has 0 saturated carbocycles. The zero-order chi connectivity index (χ0) is 27.5. The number of aryl methyl sites for hydroxylation is 1. The number of rotatable bonds is 8. The number of nitrogens with zero attached hydrogens (tertiary/aromatic N) is 1. The number of nitrogens with one attached hydrogen (secondary N) is 2. The van der Waals surface area contributed by atoms with E-state index in [1.54, 1.807) is 12.1 Å². The van der Waals surface area contributed by atoms with Crippen LogP contribution in [0.1, 0.15) is 41.0 Å². The van der Waals surface area contributed by atoms with E-state index >= 15 is 0 Å². The molecule has 9 heteroatoms. The molecule has 4 N–H and O–H groups in total. The van der Waals surface area contributed by atoms with Crippen molar-refractivity contribution < 1.29 is 29.4 Å². The van der Waals surface area contributed by atoms with Crippen LogP contribution in [0.25, 0.3) is 0 Å². The van der Waals surface area contributed by atoms with Crippen molar-refractivity contribution in [2.75, 3.05) is 11.4 Å². The Kier molecular flexibility index (Phi) is 7.31. The van der Waals surface area contributed by atoms with E-state index in [9.17, 15) is 29.4 Å². The quantitative estimate of drug-likeness (QED) is 0.356. The molecule has 5 rings (SSSR count). The minimum Gasteiger partial charge on any atom is -0.508 e. The monoisotopic (exact) mass is 527 g/mol. The van der Waals surface area contributed by atoms with Gasteiger partial charge in [-0.2, -0.15) is 0 Å². The number of phenolic OH excluding ortho intramolecular Hbond substituents is 1. The predicted octanol–water partition coefficient (Wildman–Crippen LogP) is 2.50. The number of amides is 3. The second kappa shape index (κ2) is 11.0. The second-order valence-corrected chi connectivity index (χ2v) is 9.83. The lowest BCUT2D eigenvalue weighted by Gasteiger charge is -2.26. The molecule has 3 atom stereocenters. The fourth-order valence-electron chi connectivity index (χ4n) is 5.44. The van der Waals surface area contributed by atoms with E-state index in [-0.39, 0.29) is 31.0 Å². The standard InChI is InChI=1S/C30H29N3O6/c34-22-12-9-19(10-13-22)26(18-5-2-1-3-6-18)28(36)31-16-15-25(35)32-23-14-11-20-7-4-8-21-17-24(30(38)39)33(27(20)21)29(23)37/h1-10,12-13,23-24,26,34H,11,14-17H2,(H,31,36)(H,32,35)(H,38,39)/t23-,24-,26-/m0/s1. The van der Waals surface area contributed by atoms with Gasteiger partial charge in [0.15, 0.2) is 0 Å². The first-order valence-electron chi connectivity index (χ1n) is 12.9. The Hall–Kier alpha value is -4.66. The summed E-state index contributed by atoms with van der Waals surface area (Å²) in [7, 11) is 0. The number of hydrogen-bond donors (Lipinski definition) is 4. The van der Waals surface area contributed by atoms with E-state index in [0.717, 1.165) is 16.7 Å². The summed E-state index contributed by atoms with van der Waals surface area (Å²) in [6.07, 6.45) is 1.08. The number of carboxylic acid groups (broad SMARTS) is 1. The molecule has 3 aromatic carbocycles.